The molecule has 1 aromatic rings. The van der Waals surface area contributed by atoms with Crippen LogP contribution in [0.15, 0.2) is 0 Å². The van der Waals surface area contributed by atoms with E-state index in [1.165, 1.54) is 0 Å². The second-order valence-corrected chi connectivity index (χ2v) is 5.50. The first-order chi connectivity index (χ1) is 9.63. The Kier molecular flexibility index (Phi) is 5.00. The smallest absolute Gasteiger partial charge is 0.274 e. The molecular weight excluding hydrogens is 256 g/mol. The van der Waals surface area contributed by atoms with Crippen molar-refractivity contribution in [3.05, 3.63) is 11.4 Å². The highest BCUT2D eigenvalue weighted by Gasteiger charge is 2.25. The quantitative estimate of drug-likeness (QED) is 0.625. The third-order valence-corrected chi connectivity index (χ3v) is 3.89. The Labute approximate surface area is 119 Å². The van der Waals surface area contributed by atoms with Crippen LogP contribution < -0.4 is 11.1 Å². The van der Waals surface area contributed by atoms with Crippen molar-refractivity contribution in [3.8, 4) is 0 Å². The molecule has 1 aliphatic carbocycles. The molecule has 5 N–H and O–H groups in total. The monoisotopic (exact) mass is 280 g/mol. The van der Waals surface area contributed by atoms with Gasteiger partial charge in [-0.2, -0.15) is 5.10 Å². The van der Waals surface area contributed by atoms with Crippen LogP contribution in [0.3, 0.4) is 0 Å². The molecule has 2 unspecified atom stereocenters. The first-order valence-corrected chi connectivity index (χ1v) is 7.45. The lowest BCUT2D eigenvalue weighted by Gasteiger charge is -2.21. The van der Waals surface area contributed by atoms with Gasteiger partial charge in [-0.05, 0) is 19.3 Å². The maximum atomic E-state index is 12.2. The number of nitrogens with zero attached hydrogens (tertiary/aromatic N) is 1. The van der Waals surface area contributed by atoms with E-state index in [0.717, 1.165) is 50.6 Å². The molecule has 1 aliphatic rings. The van der Waals surface area contributed by atoms with Crippen LogP contribution in [0.5, 0.6) is 0 Å². The molecule has 20 heavy (non-hydrogen) atoms. The van der Waals surface area contributed by atoms with Crippen LogP contribution in [0.2, 0.25) is 0 Å². The Morgan fingerprint density at radius 3 is 2.95 bits per heavy atom. The maximum Gasteiger partial charge on any atom is 0.274 e. The lowest BCUT2D eigenvalue weighted by atomic mass is 10.1. The molecular formula is C14H24N4O2. The molecule has 2 rings (SSSR count). The number of aromatic amines is 1. The molecule has 2 atom stereocenters. The van der Waals surface area contributed by atoms with Gasteiger partial charge < -0.3 is 16.2 Å². The molecule has 1 fully saturated rings. The SMILES string of the molecule is CCCc1[nH]nc(C(=O)NC2CCCCCC2O)c1N. The molecule has 0 aromatic carbocycles. The molecule has 0 bridgehead atoms. The summed E-state index contributed by atoms with van der Waals surface area (Å²) in [4.78, 5) is 12.2. The molecule has 6 nitrogen and oxygen atoms in total. The van der Waals surface area contributed by atoms with Crippen LogP contribution in [0, 0.1) is 0 Å². The lowest BCUT2D eigenvalue weighted by molar-refractivity contribution is 0.0815. The highest BCUT2D eigenvalue weighted by Crippen LogP contribution is 2.20. The number of aryl methyl sites for hydroxylation is 1. The summed E-state index contributed by atoms with van der Waals surface area (Å²) in [5.74, 6) is -0.299. The zero-order chi connectivity index (χ0) is 14.5. The lowest BCUT2D eigenvalue weighted by Crippen LogP contribution is -2.43. The molecule has 112 valence electrons. The van der Waals surface area contributed by atoms with E-state index < -0.39 is 6.10 Å². The molecule has 1 aromatic heterocycles. The maximum absolute atomic E-state index is 12.2. The Balaban J connectivity index is 2.03. The number of carbonyl (C=O) groups excluding carboxylic acids is 1. The zero-order valence-corrected chi connectivity index (χ0v) is 12.0. The van der Waals surface area contributed by atoms with E-state index in [2.05, 4.69) is 15.5 Å². The van der Waals surface area contributed by atoms with Gasteiger partial charge in [0, 0.05) is 0 Å². The second-order valence-electron chi connectivity index (χ2n) is 5.50. The van der Waals surface area contributed by atoms with Crippen molar-refractivity contribution in [2.24, 2.45) is 0 Å². The predicted octanol–water partition coefficient (Wildman–Crippen LogP) is 1.37. The van der Waals surface area contributed by atoms with E-state index >= 15 is 0 Å². The summed E-state index contributed by atoms with van der Waals surface area (Å²) in [6, 6.07) is -0.198. The van der Waals surface area contributed by atoms with Crippen molar-refractivity contribution < 1.29 is 9.90 Å². The topological polar surface area (TPSA) is 104 Å². The number of hydrogen-bond donors (Lipinski definition) is 4. The van der Waals surface area contributed by atoms with Crippen LogP contribution in [0.1, 0.15) is 61.6 Å². The number of amides is 1. The van der Waals surface area contributed by atoms with Gasteiger partial charge in [-0.25, -0.2) is 0 Å². The summed E-state index contributed by atoms with van der Waals surface area (Å²) in [5.41, 5.74) is 7.41. The van der Waals surface area contributed by atoms with Crippen molar-refractivity contribution in [2.45, 2.75) is 64.0 Å². The highest BCUT2D eigenvalue weighted by atomic mass is 16.3. The molecule has 1 amide bonds. The van der Waals surface area contributed by atoms with Gasteiger partial charge in [-0.15, -0.1) is 0 Å². The van der Waals surface area contributed by atoms with Gasteiger partial charge in [0.25, 0.3) is 5.91 Å². The number of nitrogen functional groups attached to an aromatic ring is 1. The fraction of sp³-hybridized carbons (Fsp3) is 0.714. The molecule has 0 saturated heterocycles. The summed E-state index contributed by atoms with van der Waals surface area (Å²) < 4.78 is 0. The van der Waals surface area contributed by atoms with Crippen LogP contribution in [-0.2, 0) is 6.42 Å². The molecule has 0 spiro atoms. The minimum Gasteiger partial charge on any atom is -0.395 e. The van der Waals surface area contributed by atoms with Crippen LogP contribution in [-0.4, -0.2) is 33.4 Å². The summed E-state index contributed by atoms with van der Waals surface area (Å²) in [6.45, 7) is 2.04. The summed E-state index contributed by atoms with van der Waals surface area (Å²) in [5, 5.41) is 19.7. The van der Waals surface area contributed by atoms with Crippen LogP contribution in [0.25, 0.3) is 0 Å². The molecule has 0 radical (unpaired) electrons. The average Bonchev–Trinajstić information content (AvgIpc) is 2.66. The summed E-state index contributed by atoms with van der Waals surface area (Å²) in [6.07, 6.45) is 5.93. The van der Waals surface area contributed by atoms with E-state index in [1.807, 2.05) is 6.92 Å². The van der Waals surface area contributed by atoms with Gasteiger partial charge in [-0.1, -0.05) is 32.6 Å². The number of rotatable bonds is 4. The summed E-state index contributed by atoms with van der Waals surface area (Å²) in [7, 11) is 0. The van der Waals surface area contributed by atoms with Crippen molar-refractivity contribution in [1.29, 1.82) is 0 Å². The van der Waals surface area contributed by atoms with Crippen LogP contribution >= 0.6 is 0 Å². The zero-order valence-electron chi connectivity index (χ0n) is 12.0. The van der Waals surface area contributed by atoms with Crippen molar-refractivity contribution in [3.63, 3.8) is 0 Å². The third kappa shape index (κ3) is 3.30. The molecule has 6 heteroatoms. The number of aliphatic hydroxyl groups excluding tert-OH is 1. The van der Waals surface area contributed by atoms with Gasteiger partial charge >= 0.3 is 0 Å². The first-order valence-electron chi connectivity index (χ1n) is 7.45. The average molecular weight is 280 g/mol. The number of carbonyl (C=O) groups is 1. The van der Waals surface area contributed by atoms with Gasteiger partial charge in [-0.3, -0.25) is 9.89 Å². The predicted molar refractivity (Wildman–Crippen MR) is 77.3 cm³/mol. The fourth-order valence-corrected chi connectivity index (χ4v) is 2.69. The number of aliphatic hydroxyl groups is 1. The van der Waals surface area contributed by atoms with E-state index in [4.69, 9.17) is 5.73 Å². The van der Waals surface area contributed by atoms with Crippen molar-refractivity contribution in [1.82, 2.24) is 15.5 Å². The van der Waals surface area contributed by atoms with Crippen molar-refractivity contribution in [2.75, 3.05) is 5.73 Å². The molecule has 0 aliphatic heterocycles. The minimum atomic E-state index is -0.475. The number of anilines is 1. The fourth-order valence-electron chi connectivity index (χ4n) is 2.69. The number of H-pyrrole nitrogens is 1. The summed E-state index contributed by atoms with van der Waals surface area (Å²) >= 11 is 0. The Morgan fingerprint density at radius 2 is 2.20 bits per heavy atom. The number of nitrogens with two attached hydrogens (primary N) is 1. The van der Waals surface area contributed by atoms with Gasteiger partial charge in [0.05, 0.1) is 23.5 Å². The number of aromatic nitrogens is 2. The largest absolute Gasteiger partial charge is 0.395 e. The van der Waals surface area contributed by atoms with Gasteiger partial charge in [0.1, 0.15) is 0 Å². The van der Waals surface area contributed by atoms with E-state index in [0.29, 0.717) is 5.69 Å². The van der Waals surface area contributed by atoms with Crippen molar-refractivity contribution >= 4 is 11.6 Å². The molecule has 1 heterocycles. The van der Waals surface area contributed by atoms with E-state index in [1.54, 1.807) is 0 Å². The first kappa shape index (κ1) is 14.8. The van der Waals surface area contributed by atoms with Gasteiger partial charge in [0.15, 0.2) is 5.69 Å². The Hall–Kier alpha value is -1.56. The number of nitrogens with one attached hydrogen (secondary N) is 2. The number of hydrogen-bond acceptors (Lipinski definition) is 4. The van der Waals surface area contributed by atoms with Crippen LogP contribution in [0.4, 0.5) is 5.69 Å². The van der Waals surface area contributed by atoms with Gasteiger partial charge in [0.2, 0.25) is 0 Å². The third-order valence-electron chi connectivity index (χ3n) is 3.89. The minimum absolute atomic E-state index is 0.198. The Bertz CT molecular complexity index is 458. The second kappa shape index (κ2) is 6.74. The normalized spacial score (nSPS) is 23.3. The molecule has 1 saturated carbocycles. The standard InChI is InChI=1S/C14H24N4O2/c1-2-6-10-12(15)13(18-17-10)14(20)16-9-7-4-3-5-8-11(9)19/h9,11,19H,2-8,15H2,1H3,(H,16,20)(H,17,18). The van der Waals surface area contributed by atoms with E-state index in [-0.39, 0.29) is 17.6 Å². The highest BCUT2D eigenvalue weighted by molar-refractivity contribution is 5.97. The van der Waals surface area contributed by atoms with E-state index in [9.17, 15) is 9.90 Å². The Morgan fingerprint density at radius 1 is 1.45 bits per heavy atom.